The van der Waals surface area contributed by atoms with Crippen LogP contribution < -0.4 is 0 Å². The summed E-state index contributed by atoms with van der Waals surface area (Å²) >= 11 is 5.96. The third kappa shape index (κ3) is 5.76. The van der Waals surface area contributed by atoms with Crippen molar-refractivity contribution in [2.45, 2.75) is 54.0 Å². The number of nitrogens with one attached hydrogen (secondary N) is 1. The zero-order chi connectivity index (χ0) is 23.3. The summed E-state index contributed by atoms with van der Waals surface area (Å²) in [6, 6.07) is 5.94. The number of H-pyrrole nitrogens is 1. The van der Waals surface area contributed by atoms with Gasteiger partial charge in [-0.05, 0) is 69.9 Å². The fraction of sp³-hybridized carbons (Fsp3) is 0.458. The molecule has 1 amide bonds. The number of esters is 1. The van der Waals surface area contributed by atoms with Gasteiger partial charge in [0.25, 0.3) is 5.91 Å². The maximum Gasteiger partial charge on any atom is 0.355 e. The molecule has 1 aromatic carbocycles. The smallest absolute Gasteiger partial charge is 0.355 e. The summed E-state index contributed by atoms with van der Waals surface area (Å²) in [7, 11) is 0. The number of aromatic amines is 1. The second-order valence-corrected chi connectivity index (χ2v) is 8.51. The monoisotopic (exact) mass is 446 g/mol. The van der Waals surface area contributed by atoms with Crippen molar-refractivity contribution in [3.05, 3.63) is 57.4 Å². The number of hydrogen-bond donors (Lipinski definition) is 1. The van der Waals surface area contributed by atoms with Crippen molar-refractivity contribution in [3.8, 4) is 0 Å². The van der Waals surface area contributed by atoms with Gasteiger partial charge in [-0.15, -0.1) is 0 Å². The lowest BCUT2D eigenvalue weighted by atomic mass is 9.98. The van der Waals surface area contributed by atoms with Crippen LogP contribution in [0, 0.1) is 19.8 Å². The number of halogens is 1. The topological polar surface area (TPSA) is 79.5 Å². The molecule has 168 valence electrons. The number of ketones is 1. The van der Waals surface area contributed by atoms with Gasteiger partial charge >= 0.3 is 5.97 Å². The van der Waals surface area contributed by atoms with Crippen molar-refractivity contribution in [2.75, 3.05) is 13.2 Å². The van der Waals surface area contributed by atoms with Crippen LogP contribution in [0.3, 0.4) is 0 Å². The summed E-state index contributed by atoms with van der Waals surface area (Å²) in [5, 5.41) is 0.541. The predicted molar refractivity (Wildman–Crippen MR) is 122 cm³/mol. The standard InChI is InChI=1S/C24H31ClN2O4/c1-7-31-24(30)21-15(4)20(16(5)26-21)22(28)17(6)27(13-12-14(2)3)23(29)18-8-10-19(25)11-9-18/h8-11,14,17,26H,7,12-13H2,1-6H3. The van der Waals surface area contributed by atoms with E-state index >= 15 is 0 Å². The number of hydrogen-bond acceptors (Lipinski definition) is 4. The molecule has 0 radical (unpaired) electrons. The Morgan fingerprint density at radius 1 is 1.10 bits per heavy atom. The molecule has 0 aliphatic heterocycles. The minimum atomic E-state index is -0.704. The molecule has 1 atom stereocenters. The summed E-state index contributed by atoms with van der Waals surface area (Å²) in [5.74, 6) is -0.569. The number of benzene rings is 1. The van der Waals surface area contributed by atoms with E-state index in [1.54, 1.807) is 56.9 Å². The van der Waals surface area contributed by atoms with E-state index in [4.69, 9.17) is 16.3 Å². The van der Waals surface area contributed by atoms with E-state index in [2.05, 4.69) is 18.8 Å². The molecule has 1 aromatic heterocycles. The fourth-order valence-corrected chi connectivity index (χ4v) is 3.63. The zero-order valence-corrected chi connectivity index (χ0v) is 19.8. The third-order valence-corrected chi connectivity index (χ3v) is 5.56. The maximum absolute atomic E-state index is 13.5. The van der Waals surface area contributed by atoms with Crippen LogP contribution in [0.5, 0.6) is 0 Å². The molecule has 6 nitrogen and oxygen atoms in total. The van der Waals surface area contributed by atoms with E-state index < -0.39 is 12.0 Å². The van der Waals surface area contributed by atoms with Crippen LogP contribution in [0.15, 0.2) is 24.3 Å². The number of aryl methyl sites for hydroxylation is 1. The second kappa shape index (κ2) is 10.6. The molecule has 7 heteroatoms. The van der Waals surface area contributed by atoms with Crippen LogP contribution in [0.25, 0.3) is 0 Å². The molecule has 0 saturated carbocycles. The first-order chi connectivity index (χ1) is 14.6. The highest BCUT2D eigenvalue weighted by atomic mass is 35.5. The fourth-order valence-electron chi connectivity index (χ4n) is 3.50. The van der Waals surface area contributed by atoms with Gasteiger partial charge < -0.3 is 14.6 Å². The highest BCUT2D eigenvalue weighted by Crippen LogP contribution is 2.23. The van der Waals surface area contributed by atoms with Crippen LogP contribution in [0.4, 0.5) is 0 Å². The lowest BCUT2D eigenvalue weighted by molar-refractivity contribution is 0.0518. The maximum atomic E-state index is 13.5. The van der Waals surface area contributed by atoms with E-state index in [-0.39, 0.29) is 24.0 Å². The van der Waals surface area contributed by atoms with Gasteiger partial charge in [0.05, 0.1) is 12.6 Å². The van der Waals surface area contributed by atoms with E-state index in [0.717, 1.165) is 6.42 Å². The number of Topliss-reactive ketones (excluding diaryl/α,β-unsaturated/α-hetero) is 1. The molecule has 0 bridgehead atoms. The van der Waals surface area contributed by atoms with Gasteiger partial charge in [-0.2, -0.15) is 0 Å². The van der Waals surface area contributed by atoms with Crippen molar-refractivity contribution in [1.29, 1.82) is 0 Å². The number of amides is 1. The molecule has 0 aliphatic carbocycles. The van der Waals surface area contributed by atoms with Gasteiger partial charge in [0.2, 0.25) is 0 Å². The van der Waals surface area contributed by atoms with Gasteiger partial charge in [-0.1, -0.05) is 25.4 Å². The molecule has 2 rings (SSSR count). The van der Waals surface area contributed by atoms with Crippen molar-refractivity contribution in [3.63, 3.8) is 0 Å². The summed E-state index contributed by atoms with van der Waals surface area (Å²) in [4.78, 5) is 43.5. The minimum Gasteiger partial charge on any atom is -0.461 e. The molecule has 2 aromatic rings. The normalized spacial score (nSPS) is 12.0. The molecule has 0 saturated heterocycles. The van der Waals surface area contributed by atoms with Gasteiger partial charge in [0.1, 0.15) is 5.69 Å². The van der Waals surface area contributed by atoms with E-state index in [1.165, 1.54) is 0 Å². The quantitative estimate of drug-likeness (QED) is 0.423. The Morgan fingerprint density at radius 3 is 2.26 bits per heavy atom. The van der Waals surface area contributed by atoms with E-state index in [0.29, 0.717) is 39.9 Å². The molecule has 0 fully saturated rings. The first-order valence-corrected chi connectivity index (χ1v) is 10.9. The van der Waals surface area contributed by atoms with E-state index in [9.17, 15) is 14.4 Å². The molecular weight excluding hydrogens is 416 g/mol. The average Bonchev–Trinajstić information content (AvgIpc) is 3.01. The molecule has 1 N–H and O–H groups in total. The summed E-state index contributed by atoms with van der Waals surface area (Å²) in [6.07, 6.45) is 0.760. The number of rotatable bonds is 9. The minimum absolute atomic E-state index is 0.215. The number of carbonyl (C=O) groups excluding carboxylic acids is 3. The summed E-state index contributed by atoms with van der Waals surface area (Å²) in [6.45, 7) is 11.8. The van der Waals surface area contributed by atoms with Gasteiger partial charge in [-0.25, -0.2) is 4.79 Å². The van der Waals surface area contributed by atoms with Gasteiger partial charge in [0, 0.05) is 28.4 Å². The van der Waals surface area contributed by atoms with Crippen molar-refractivity contribution in [2.24, 2.45) is 5.92 Å². The van der Waals surface area contributed by atoms with Gasteiger partial charge in [0.15, 0.2) is 5.78 Å². The van der Waals surface area contributed by atoms with Crippen LogP contribution in [0.1, 0.15) is 76.6 Å². The Morgan fingerprint density at radius 2 is 1.71 bits per heavy atom. The molecular formula is C24H31ClN2O4. The lowest BCUT2D eigenvalue weighted by Gasteiger charge is -2.29. The van der Waals surface area contributed by atoms with Crippen molar-refractivity contribution < 1.29 is 19.1 Å². The van der Waals surface area contributed by atoms with Crippen LogP contribution in [0.2, 0.25) is 5.02 Å². The first-order valence-electron chi connectivity index (χ1n) is 10.5. The van der Waals surface area contributed by atoms with E-state index in [1.807, 2.05) is 0 Å². The first kappa shape index (κ1) is 24.7. The number of ether oxygens (including phenoxy) is 1. The number of nitrogens with zero attached hydrogens (tertiary/aromatic N) is 1. The number of carbonyl (C=O) groups is 3. The Balaban J connectivity index is 2.38. The Labute approximate surface area is 188 Å². The van der Waals surface area contributed by atoms with Crippen LogP contribution in [-0.2, 0) is 4.74 Å². The Kier molecular flexibility index (Phi) is 8.45. The molecule has 0 spiro atoms. The van der Waals surface area contributed by atoms with Crippen LogP contribution in [-0.4, -0.2) is 46.7 Å². The molecule has 1 heterocycles. The molecule has 31 heavy (non-hydrogen) atoms. The third-order valence-electron chi connectivity index (χ3n) is 5.31. The van der Waals surface area contributed by atoms with Crippen molar-refractivity contribution >= 4 is 29.3 Å². The van der Waals surface area contributed by atoms with Crippen molar-refractivity contribution in [1.82, 2.24) is 9.88 Å². The predicted octanol–water partition coefficient (Wildman–Crippen LogP) is 5.22. The SMILES string of the molecule is CCOC(=O)c1[nH]c(C)c(C(=O)C(C)N(CCC(C)C)C(=O)c2ccc(Cl)cc2)c1C. The van der Waals surface area contributed by atoms with Gasteiger partial charge in [-0.3, -0.25) is 9.59 Å². The zero-order valence-electron chi connectivity index (χ0n) is 19.0. The van der Waals surface area contributed by atoms with Crippen LogP contribution >= 0.6 is 11.6 Å². The molecule has 1 unspecified atom stereocenters. The highest BCUT2D eigenvalue weighted by Gasteiger charge is 2.31. The molecule has 0 aliphatic rings. The second-order valence-electron chi connectivity index (χ2n) is 8.07. The lowest BCUT2D eigenvalue weighted by Crippen LogP contribution is -2.44. The average molecular weight is 447 g/mol. The Hall–Kier alpha value is -2.60. The largest absolute Gasteiger partial charge is 0.461 e. The summed E-state index contributed by atoms with van der Waals surface area (Å²) in [5.41, 5.74) is 2.29. The number of aromatic nitrogens is 1. The highest BCUT2D eigenvalue weighted by molar-refractivity contribution is 6.30. The summed E-state index contributed by atoms with van der Waals surface area (Å²) < 4.78 is 5.08. The Bertz CT molecular complexity index is 947.